The Kier molecular flexibility index (Phi) is 3.78. The van der Waals surface area contributed by atoms with E-state index >= 15 is 0 Å². The van der Waals surface area contributed by atoms with Gasteiger partial charge in [0.15, 0.2) is 0 Å². The lowest BCUT2D eigenvalue weighted by molar-refractivity contribution is 0.282. The van der Waals surface area contributed by atoms with Crippen molar-refractivity contribution in [2.75, 3.05) is 11.4 Å². The Bertz CT molecular complexity index is 450. The predicted octanol–water partition coefficient (Wildman–Crippen LogP) is 3.34. The molecular weight excluding hydrogens is 210 g/mol. The van der Waals surface area contributed by atoms with Crippen molar-refractivity contribution in [1.82, 2.24) is 0 Å². The maximum absolute atomic E-state index is 9.03. The number of hydrogen-bond donors (Lipinski definition) is 1. The van der Waals surface area contributed by atoms with Crippen molar-refractivity contribution in [1.29, 1.82) is 0 Å². The van der Waals surface area contributed by atoms with Crippen LogP contribution in [0.15, 0.2) is 54.6 Å². The number of aliphatic hydroxyl groups excluding tert-OH is 1. The fourth-order valence-corrected chi connectivity index (χ4v) is 1.90. The lowest BCUT2D eigenvalue weighted by Crippen LogP contribution is -2.15. The molecule has 0 saturated heterocycles. The maximum atomic E-state index is 9.03. The molecule has 0 spiro atoms. The zero-order valence-corrected chi connectivity index (χ0v) is 10.0. The summed E-state index contributed by atoms with van der Waals surface area (Å²) in [4.78, 5) is 2.24. The molecule has 2 heteroatoms. The van der Waals surface area contributed by atoms with E-state index in [-0.39, 0.29) is 6.61 Å². The van der Waals surface area contributed by atoms with Gasteiger partial charge in [-0.2, -0.15) is 0 Å². The molecule has 0 aliphatic carbocycles. The van der Waals surface area contributed by atoms with Crippen LogP contribution in [0, 0.1) is 0 Å². The smallest absolute Gasteiger partial charge is 0.0681 e. The van der Waals surface area contributed by atoms with Gasteiger partial charge in [-0.05, 0) is 36.8 Å². The Morgan fingerprint density at radius 1 is 0.882 bits per heavy atom. The van der Waals surface area contributed by atoms with Crippen LogP contribution in [-0.4, -0.2) is 11.7 Å². The molecule has 0 aliphatic heterocycles. The molecule has 2 aromatic rings. The van der Waals surface area contributed by atoms with Gasteiger partial charge in [0.05, 0.1) is 6.61 Å². The highest BCUT2D eigenvalue weighted by Gasteiger charge is 2.05. The zero-order valence-electron chi connectivity index (χ0n) is 10.0. The number of aliphatic hydroxyl groups is 1. The minimum absolute atomic E-state index is 0.0950. The lowest BCUT2D eigenvalue weighted by Gasteiger charge is -2.23. The van der Waals surface area contributed by atoms with Crippen LogP contribution in [0.5, 0.6) is 0 Å². The van der Waals surface area contributed by atoms with Gasteiger partial charge in [0.25, 0.3) is 0 Å². The second-order valence-corrected chi connectivity index (χ2v) is 3.90. The fourth-order valence-electron chi connectivity index (χ4n) is 1.90. The second kappa shape index (κ2) is 5.51. The van der Waals surface area contributed by atoms with Gasteiger partial charge in [0.1, 0.15) is 0 Å². The Morgan fingerprint density at radius 3 is 2.00 bits per heavy atom. The molecular formula is C15H17NO. The van der Waals surface area contributed by atoms with E-state index in [0.717, 1.165) is 17.8 Å². The van der Waals surface area contributed by atoms with Crippen molar-refractivity contribution < 1.29 is 5.11 Å². The number of rotatable bonds is 4. The van der Waals surface area contributed by atoms with Gasteiger partial charge in [-0.1, -0.05) is 30.3 Å². The summed E-state index contributed by atoms with van der Waals surface area (Å²) in [5.41, 5.74) is 3.28. The van der Waals surface area contributed by atoms with Gasteiger partial charge >= 0.3 is 0 Å². The molecule has 2 nitrogen and oxygen atoms in total. The Labute approximate surface area is 102 Å². The third-order valence-electron chi connectivity index (χ3n) is 2.81. The van der Waals surface area contributed by atoms with Crippen LogP contribution in [0.25, 0.3) is 0 Å². The Morgan fingerprint density at radius 2 is 1.47 bits per heavy atom. The standard InChI is InChI=1S/C15H17NO/c1-2-16(14-6-4-3-5-7-14)15-10-8-13(12-17)9-11-15/h3-11,17H,2,12H2,1H3. The number of nitrogens with zero attached hydrogens (tertiary/aromatic N) is 1. The summed E-state index contributed by atoms with van der Waals surface area (Å²) in [5, 5.41) is 9.03. The fraction of sp³-hybridized carbons (Fsp3) is 0.200. The summed E-state index contributed by atoms with van der Waals surface area (Å²) in [6.45, 7) is 3.15. The summed E-state index contributed by atoms with van der Waals surface area (Å²) in [5.74, 6) is 0. The number of para-hydroxylation sites is 1. The quantitative estimate of drug-likeness (QED) is 0.866. The molecule has 0 fully saturated rings. The largest absolute Gasteiger partial charge is 0.392 e. The van der Waals surface area contributed by atoms with Crippen LogP contribution in [0.2, 0.25) is 0 Å². The van der Waals surface area contributed by atoms with Gasteiger partial charge < -0.3 is 10.0 Å². The summed E-state index contributed by atoms with van der Waals surface area (Å²) >= 11 is 0. The van der Waals surface area contributed by atoms with Crippen LogP contribution in [0.1, 0.15) is 12.5 Å². The number of benzene rings is 2. The first kappa shape index (κ1) is 11.7. The topological polar surface area (TPSA) is 23.5 Å². The van der Waals surface area contributed by atoms with E-state index in [2.05, 4.69) is 24.0 Å². The summed E-state index contributed by atoms with van der Waals surface area (Å²) in [6, 6.07) is 18.3. The van der Waals surface area contributed by atoms with E-state index in [0.29, 0.717) is 0 Å². The minimum Gasteiger partial charge on any atom is -0.392 e. The molecule has 0 unspecified atom stereocenters. The van der Waals surface area contributed by atoms with Gasteiger partial charge in [-0.25, -0.2) is 0 Å². The molecule has 88 valence electrons. The summed E-state index contributed by atoms with van der Waals surface area (Å²) in [7, 11) is 0. The molecule has 0 bridgehead atoms. The highest BCUT2D eigenvalue weighted by molar-refractivity contribution is 5.63. The van der Waals surface area contributed by atoms with Crippen LogP contribution in [0.3, 0.4) is 0 Å². The molecule has 0 atom stereocenters. The molecule has 0 radical (unpaired) electrons. The van der Waals surface area contributed by atoms with Crippen LogP contribution < -0.4 is 4.90 Å². The Balaban J connectivity index is 2.29. The first-order chi connectivity index (χ1) is 8.35. The Hall–Kier alpha value is -1.80. The van der Waals surface area contributed by atoms with Crippen molar-refractivity contribution in [2.45, 2.75) is 13.5 Å². The first-order valence-corrected chi connectivity index (χ1v) is 5.87. The van der Waals surface area contributed by atoms with Crippen molar-refractivity contribution in [2.24, 2.45) is 0 Å². The molecule has 1 N–H and O–H groups in total. The van der Waals surface area contributed by atoms with E-state index in [1.165, 1.54) is 5.69 Å². The molecule has 17 heavy (non-hydrogen) atoms. The molecule has 2 rings (SSSR count). The van der Waals surface area contributed by atoms with Crippen molar-refractivity contribution in [3.05, 3.63) is 60.2 Å². The average molecular weight is 227 g/mol. The van der Waals surface area contributed by atoms with E-state index in [1.54, 1.807) is 0 Å². The minimum atomic E-state index is 0.0950. The lowest BCUT2D eigenvalue weighted by atomic mass is 10.2. The molecule has 0 saturated carbocycles. The third-order valence-corrected chi connectivity index (χ3v) is 2.81. The van der Waals surface area contributed by atoms with E-state index in [4.69, 9.17) is 5.11 Å². The van der Waals surface area contributed by atoms with E-state index in [1.807, 2.05) is 42.5 Å². The second-order valence-electron chi connectivity index (χ2n) is 3.90. The van der Waals surface area contributed by atoms with Crippen LogP contribution >= 0.6 is 0 Å². The number of hydrogen-bond acceptors (Lipinski definition) is 2. The van der Waals surface area contributed by atoms with Gasteiger partial charge in [-0.3, -0.25) is 0 Å². The molecule has 0 heterocycles. The summed E-state index contributed by atoms with van der Waals surface area (Å²) < 4.78 is 0. The SMILES string of the molecule is CCN(c1ccccc1)c1ccc(CO)cc1. The van der Waals surface area contributed by atoms with E-state index < -0.39 is 0 Å². The number of anilines is 2. The molecule has 2 aromatic carbocycles. The predicted molar refractivity (Wildman–Crippen MR) is 71.5 cm³/mol. The average Bonchev–Trinajstić information content (AvgIpc) is 2.42. The van der Waals surface area contributed by atoms with Crippen LogP contribution in [0.4, 0.5) is 11.4 Å². The third kappa shape index (κ3) is 2.66. The van der Waals surface area contributed by atoms with E-state index in [9.17, 15) is 0 Å². The monoisotopic (exact) mass is 227 g/mol. The molecule has 0 aliphatic rings. The van der Waals surface area contributed by atoms with Gasteiger partial charge in [0, 0.05) is 17.9 Å². The zero-order chi connectivity index (χ0) is 12.1. The summed E-state index contributed by atoms with van der Waals surface area (Å²) in [6.07, 6.45) is 0. The van der Waals surface area contributed by atoms with Crippen molar-refractivity contribution in [3.63, 3.8) is 0 Å². The maximum Gasteiger partial charge on any atom is 0.0681 e. The molecule has 0 amide bonds. The highest BCUT2D eigenvalue weighted by atomic mass is 16.3. The molecule has 0 aromatic heterocycles. The van der Waals surface area contributed by atoms with Crippen LogP contribution in [-0.2, 0) is 6.61 Å². The van der Waals surface area contributed by atoms with Gasteiger partial charge in [-0.15, -0.1) is 0 Å². The highest BCUT2D eigenvalue weighted by Crippen LogP contribution is 2.24. The first-order valence-electron chi connectivity index (χ1n) is 5.87. The van der Waals surface area contributed by atoms with Crippen molar-refractivity contribution >= 4 is 11.4 Å². The van der Waals surface area contributed by atoms with Crippen molar-refractivity contribution in [3.8, 4) is 0 Å². The van der Waals surface area contributed by atoms with Gasteiger partial charge in [0.2, 0.25) is 0 Å². The normalized spacial score (nSPS) is 10.2.